The van der Waals surface area contributed by atoms with Crippen LogP contribution in [0.4, 0.5) is 13.2 Å². The summed E-state index contributed by atoms with van der Waals surface area (Å²) in [6.07, 6.45) is -5.33. The normalized spacial score (nSPS) is 11.7. The van der Waals surface area contributed by atoms with E-state index >= 15 is 0 Å². The largest absolute Gasteiger partial charge is 0.488 e. The molecule has 19 heavy (non-hydrogen) atoms. The van der Waals surface area contributed by atoms with Crippen LogP contribution in [-0.4, -0.2) is 17.8 Å². The highest BCUT2D eigenvalue weighted by molar-refractivity contribution is 7.80. The Morgan fingerprint density at radius 2 is 2.00 bits per heavy atom. The van der Waals surface area contributed by atoms with Crippen molar-refractivity contribution in [2.45, 2.75) is 12.6 Å². The van der Waals surface area contributed by atoms with E-state index in [0.717, 1.165) is 0 Å². The first-order chi connectivity index (χ1) is 8.88. The molecule has 102 valence electrons. The van der Waals surface area contributed by atoms with Gasteiger partial charge in [-0.2, -0.15) is 13.2 Å². The Labute approximate surface area is 112 Å². The Morgan fingerprint density at radius 3 is 2.63 bits per heavy atom. The summed E-state index contributed by atoms with van der Waals surface area (Å²) in [4.78, 5) is -0.0572. The van der Waals surface area contributed by atoms with Crippen molar-refractivity contribution >= 4 is 28.2 Å². The number of rotatable bonds is 4. The third kappa shape index (κ3) is 3.17. The van der Waals surface area contributed by atoms with E-state index in [0.29, 0.717) is 11.0 Å². The summed E-state index contributed by atoms with van der Waals surface area (Å²) < 4.78 is 46.8. The highest BCUT2D eigenvalue weighted by atomic mass is 32.1. The van der Waals surface area contributed by atoms with Gasteiger partial charge >= 0.3 is 6.18 Å². The van der Waals surface area contributed by atoms with E-state index < -0.39 is 19.2 Å². The number of benzene rings is 1. The minimum absolute atomic E-state index is 0.0572. The molecule has 0 spiro atoms. The molecule has 0 atom stereocenters. The van der Waals surface area contributed by atoms with E-state index in [2.05, 4.69) is 0 Å². The van der Waals surface area contributed by atoms with Crippen molar-refractivity contribution < 1.29 is 22.3 Å². The predicted molar refractivity (Wildman–Crippen MR) is 68.3 cm³/mol. The van der Waals surface area contributed by atoms with Crippen molar-refractivity contribution in [3.63, 3.8) is 0 Å². The van der Waals surface area contributed by atoms with Gasteiger partial charge in [0.15, 0.2) is 5.75 Å². The molecule has 2 rings (SSSR count). The van der Waals surface area contributed by atoms with E-state index in [4.69, 9.17) is 27.1 Å². The van der Waals surface area contributed by atoms with Crippen molar-refractivity contribution in [3.05, 3.63) is 30.0 Å². The first-order valence-corrected chi connectivity index (χ1v) is 5.80. The molecule has 2 aromatic rings. The lowest BCUT2D eigenvalue weighted by molar-refractivity contribution is -0.139. The standard InChI is InChI=1S/C12H10F3NO2S/c13-12(14,15)5-6-17-9-7-3-1-2-4-8(7)18-10(9)11(16)19/h1-4H,5-6H2,(H2,16,19). The molecule has 0 bridgehead atoms. The predicted octanol–water partition coefficient (Wildman–Crippen LogP) is 3.40. The first kappa shape index (κ1) is 13.7. The lowest BCUT2D eigenvalue weighted by atomic mass is 10.2. The zero-order valence-corrected chi connectivity index (χ0v) is 10.5. The second kappa shape index (κ2) is 5.08. The van der Waals surface area contributed by atoms with Crippen LogP contribution in [0.1, 0.15) is 12.2 Å². The zero-order valence-electron chi connectivity index (χ0n) is 9.66. The van der Waals surface area contributed by atoms with Crippen molar-refractivity contribution in [2.24, 2.45) is 5.73 Å². The Kier molecular flexibility index (Phi) is 3.66. The second-order valence-corrected chi connectivity index (χ2v) is 4.27. The van der Waals surface area contributed by atoms with Gasteiger partial charge in [-0.05, 0) is 12.1 Å². The highest BCUT2D eigenvalue weighted by Crippen LogP contribution is 2.33. The summed E-state index contributed by atoms with van der Waals surface area (Å²) in [6, 6.07) is 6.78. The molecular formula is C12H10F3NO2S. The molecule has 1 heterocycles. The molecule has 2 N–H and O–H groups in total. The number of fused-ring (bicyclic) bond motifs is 1. The molecular weight excluding hydrogens is 279 g/mol. The third-order valence-electron chi connectivity index (χ3n) is 2.41. The van der Waals surface area contributed by atoms with Crippen molar-refractivity contribution in [1.29, 1.82) is 0 Å². The maximum Gasteiger partial charge on any atom is 0.392 e. The fourth-order valence-corrected chi connectivity index (χ4v) is 1.73. The van der Waals surface area contributed by atoms with Crippen LogP contribution in [0.15, 0.2) is 28.7 Å². The van der Waals surface area contributed by atoms with Crippen LogP contribution in [0, 0.1) is 0 Å². The Hall–Kier alpha value is -1.76. The minimum atomic E-state index is -4.27. The van der Waals surface area contributed by atoms with Crippen molar-refractivity contribution in [1.82, 2.24) is 0 Å². The maximum atomic E-state index is 12.1. The van der Waals surface area contributed by atoms with Crippen LogP contribution in [0.3, 0.4) is 0 Å². The third-order valence-corrected chi connectivity index (χ3v) is 2.59. The van der Waals surface area contributed by atoms with Crippen LogP contribution in [0.25, 0.3) is 11.0 Å². The molecule has 0 fully saturated rings. The van der Waals surface area contributed by atoms with Crippen molar-refractivity contribution in [2.75, 3.05) is 6.61 Å². The van der Waals surface area contributed by atoms with E-state index in [-0.39, 0.29) is 16.5 Å². The van der Waals surface area contributed by atoms with Crippen molar-refractivity contribution in [3.8, 4) is 5.75 Å². The van der Waals surface area contributed by atoms with Gasteiger partial charge in [-0.1, -0.05) is 24.4 Å². The monoisotopic (exact) mass is 289 g/mol. The number of alkyl halides is 3. The molecule has 0 aliphatic carbocycles. The highest BCUT2D eigenvalue weighted by Gasteiger charge is 2.27. The molecule has 0 radical (unpaired) electrons. The Bertz CT molecular complexity index is 607. The minimum Gasteiger partial charge on any atom is -0.488 e. The van der Waals surface area contributed by atoms with Crippen LogP contribution in [0.5, 0.6) is 5.75 Å². The smallest absolute Gasteiger partial charge is 0.392 e. The molecule has 0 unspecified atom stereocenters. The van der Waals surface area contributed by atoms with E-state index in [9.17, 15) is 13.2 Å². The molecule has 7 heteroatoms. The van der Waals surface area contributed by atoms with Gasteiger partial charge in [-0.15, -0.1) is 0 Å². The fraction of sp³-hybridized carbons (Fsp3) is 0.250. The van der Waals surface area contributed by atoms with Crippen LogP contribution in [-0.2, 0) is 0 Å². The summed E-state index contributed by atoms with van der Waals surface area (Å²) in [7, 11) is 0. The Morgan fingerprint density at radius 1 is 1.32 bits per heavy atom. The number of ether oxygens (including phenoxy) is 1. The molecule has 1 aromatic heterocycles. The number of halogens is 3. The topological polar surface area (TPSA) is 48.4 Å². The Balaban J connectivity index is 2.29. The van der Waals surface area contributed by atoms with Gasteiger partial charge < -0.3 is 14.9 Å². The van der Waals surface area contributed by atoms with Gasteiger partial charge in [-0.25, -0.2) is 0 Å². The molecule has 0 saturated carbocycles. The number of para-hydroxylation sites is 1. The lowest BCUT2D eigenvalue weighted by Gasteiger charge is -2.08. The number of furan rings is 1. The summed E-state index contributed by atoms with van der Waals surface area (Å²) in [5.74, 6) is 0.255. The average Bonchev–Trinajstić information content (AvgIpc) is 2.67. The number of hydrogen-bond acceptors (Lipinski definition) is 3. The van der Waals surface area contributed by atoms with E-state index in [1.54, 1.807) is 24.3 Å². The van der Waals surface area contributed by atoms with Gasteiger partial charge in [-0.3, -0.25) is 0 Å². The molecule has 0 aliphatic heterocycles. The SMILES string of the molecule is NC(=S)c1oc2ccccc2c1OCCC(F)(F)F. The summed E-state index contributed by atoms with van der Waals surface area (Å²) in [5, 5.41) is 0.549. The molecule has 3 nitrogen and oxygen atoms in total. The van der Waals surface area contributed by atoms with Gasteiger partial charge in [0.2, 0.25) is 5.76 Å². The maximum absolute atomic E-state index is 12.1. The summed E-state index contributed by atoms with van der Waals surface area (Å²) in [5.41, 5.74) is 5.94. The molecule has 0 saturated heterocycles. The first-order valence-electron chi connectivity index (χ1n) is 5.39. The zero-order chi connectivity index (χ0) is 14.0. The average molecular weight is 289 g/mol. The quantitative estimate of drug-likeness (QED) is 0.876. The van der Waals surface area contributed by atoms with Gasteiger partial charge in [0.1, 0.15) is 10.6 Å². The van der Waals surface area contributed by atoms with E-state index in [1.807, 2.05) is 0 Å². The van der Waals surface area contributed by atoms with Crippen LogP contribution < -0.4 is 10.5 Å². The van der Waals surface area contributed by atoms with E-state index in [1.165, 1.54) is 0 Å². The van der Waals surface area contributed by atoms with Gasteiger partial charge in [0, 0.05) is 0 Å². The fourth-order valence-electron chi connectivity index (χ4n) is 1.60. The number of thiocarbonyl (C=S) groups is 1. The van der Waals surface area contributed by atoms with Gasteiger partial charge in [0.05, 0.1) is 18.4 Å². The number of hydrogen-bond donors (Lipinski definition) is 1. The van der Waals surface area contributed by atoms with Gasteiger partial charge in [0.25, 0.3) is 0 Å². The van der Waals surface area contributed by atoms with Crippen LogP contribution in [0.2, 0.25) is 0 Å². The lowest BCUT2D eigenvalue weighted by Crippen LogP contribution is -2.15. The summed E-state index contributed by atoms with van der Waals surface area (Å²) >= 11 is 4.80. The summed E-state index contributed by atoms with van der Waals surface area (Å²) in [6.45, 7) is -0.511. The molecule has 0 aliphatic rings. The second-order valence-electron chi connectivity index (χ2n) is 3.83. The molecule has 0 amide bonds. The molecule has 1 aromatic carbocycles. The number of nitrogens with two attached hydrogens (primary N) is 1. The van der Waals surface area contributed by atoms with Crippen LogP contribution >= 0.6 is 12.2 Å².